The summed E-state index contributed by atoms with van der Waals surface area (Å²) in [4.78, 5) is 4.10. The topological polar surface area (TPSA) is 59.6 Å². The van der Waals surface area contributed by atoms with E-state index in [-0.39, 0.29) is 43.1 Å². The molecule has 0 aliphatic carbocycles. The lowest BCUT2D eigenvalue weighted by Crippen LogP contribution is -2.23. The Morgan fingerprint density at radius 1 is 1.16 bits per heavy atom. The lowest BCUT2D eigenvalue weighted by Gasteiger charge is -2.09. The van der Waals surface area contributed by atoms with Crippen LogP contribution in [0.2, 0.25) is 0 Å². The molecule has 4 nitrogen and oxygen atoms in total. The van der Waals surface area contributed by atoms with Crippen LogP contribution in [0, 0.1) is 6.92 Å². The molecular formula is C17H19F3IN3O. The Bertz CT molecular complexity index is 703. The Labute approximate surface area is 161 Å². The summed E-state index contributed by atoms with van der Waals surface area (Å²) >= 11 is 0. The molecule has 8 heteroatoms. The maximum atomic E-state index is 12.4. The van der Waals surface area contributed by atoms with Crippen molar-refractivity contribution in [1.29, 1.82) is 0 Å². The number of rotatable bonds is 5. The fraction of sp³-hybridized carbons (Fsp3) is 0.235. The van der Waals surface area contributed by atoms with E-state index in [4.69, 9.17) is 10.5 Å². The molecule has 0 radical (unpaired) electrons. The number of nitrogens with zero attached hydrogens (tertiary/aromatic N) is 1. The molecule has 2 aromatic carbocycles. The maximum Gasteiger partial charge on any atom is 0.416 e. The third-order valence-electron chi connectivity index (χ3n) is 3.11. The van der Waals surface area contributed by atoms with Crippen molar-refractivity contribution in [3.63, 3.8) is 0 Å². The van der Waals surface area contributed by atoms with Crippen LogP contribution < -0.4 is 15.8 Å². The van der Waals surface area contributed by atoms with Crippen LogP contribution in [0.25, 0.3) is 0 Å². The molecule has 0 aliphatic heterocycles. The summed E-state index contributed by atoms with van der Waals surface area (Å²) in [6.45, 7) is 2.46. The van der Waals surface area contributed by atoms with Crippen LogP contribution in [-0.2, 0) is 6.18 Å². The first-order valence-electron chi connectivity index (χ1n) is 7.28. The molecule has 0 heterocycles. The van der Waals surface area contributed by atoms with Crippen molar-refractivity contribution in [1.82, 2.24) is 0 Å². The molecule has 0 atom stereocenters. The molecular weight excluding hydrogens is 446 g/mol. The molecule has 0 spiro atoms. The number of hydrogen-bond donors (Lipinski definition) is 2. The molecule has 3 N–H and O–H groups in total. The zero-order valence-corrected chi connectivity index (χ0v) is 15.8. The van der Waals surface area contributed by atoms with Gasteiger partial charge >= 0.3 is 6.18 Å². The minimum absolute atomic E-state index is 0. The molecule has 2 aromatic rings. The van der Waals surface area contributed by atoms with E-state index in [1.807, 2.05) is 31.2 Å². The first-order valence-corrected chi connectivity index (χ1v) is 7.28. The fourth-order valence-electron chi connectivity index (χ4n) is 1.98. The van der Waals surface area contributed by atoms with Gasteiger partial charge in [-0.15, -0.1) is 24.0 Å². The molecule has 0 saturated carbocycles. The van der Waals surface area contributed by atoms with Gasteiger partial charge in [-0.05, 0) is 48.9 Å². The number of halogens is 4. The molecule has 0 aliphatic rings. The lowest BCUT2D eigenvalue weighted by atomic mass is 10.2. The van der Waals surface area contributed by atoms with Crippen molar-refractivity contribution in [3.05, 3.63) is 59.7 Å². The van der Waals surface area contributed by atoms with E-state index >= 15 is 0 Å². The highest BCUT2D eigenvalue weighted by atomic mass is 127. The van der Waals surface area contributed by atoms with Crippen LogP contribution in [0.15, 0.2) is 53.5 Å². The van der Waals surface area contributed by atoms with Crippen molar-refractivity contribution in [2.45, 2.75) is 13.1 Å². The van der Waals surface area contributed by atoms with Gasteiger partial charge in [-0.2, -0.15) is 13.2 Å². The fourth-order valence-corrected chi connectivity index (χ4v) is 1.98. The average molecular weight is 465 g/mol. The Hall–Kier alpha value is -1.97. The zero-order chi connectivity index (χ0) is 17.6. The second-order valence-corrected chi connectivity index (χ2v) is 5.13. The third-order valence-corrected chi connectivity index (χ3v) is 3.11. The molecule has 2 rings (SSSR count). The number of aryl methyl sites for hydroxylation is 1. The highest BCUT2D eigenvalue weighted by Gasteiger charge is 2.29. The molecule has 0 unspecified atom stereocenters. The van der Waals surface area contributed by atoms with Gasteiger partial charge in [0.05, 0.1) is 12.1 Å². The lowest BCUT2D eigenvalue weighted by molar-refractivity contribution is -0.137. The summed E-state index contributed by atoms with van der Waals surface area (Å²) in [6.07, 6.45) is -4.35. The van der Waals surface area contributed by atoms with Gasteiger partial charge in [-0.1, -0.05) is 12.1 Å². The van der Waals surface area contributed by atoms with E-state index in [2.05, 4.69) is 10.3 Å². The van der Waals surface area contributed by atoms with Gasteiger partial charge in [-0.25, -0.2) is 4.99 Å². The normalized spacial score (nSPS) is 11.6. The number of nitrogens with one attached hydrogen (secondary N) is 1. The number of guanidine groups is 1. The summed E-state index contributed by atoms with van der Waals surface area (Å²) in [6, 6.07) is 12.2. The van der Waals surface area contributed by atoms with E-state index < -0.39 is 11.7 Å². The van der Waals surface area contributed by atoms with Crippen molar-refractivity contribution in [2.24, 2.45) is 10.7 Å². The Balaban J connectivity index is 0.00000312. The van der Waals surface area contributed by atoms with Crippen molar-refractivity contribution in [3.8, 4) is 5.75 Å². The van der Waals surface area contributed by atoms with Crippen LogP contribution in [0.3, 0.4) is 0 Å². The van der Waals surface area contributed by atoms with Gasteiger partial charge in [0, 0.05) is 5.69 Å². The second kappa shape index (κ2) is 9.50. The number of aliphatic imine (C=N–C) groups is 1. The Morgan fingerprint density at radius 2 is 1.84 bits per heavy atom. The highest BCUT2D eigenvalue weighted by molar-refractivity contribution is 14.0. The van der Waals surface area contributed by atoms with E-state index in [1.54, 1.807) is 0 Å². The van der Waals surface area contributed by atoms with Gasteiger partial charge in [-0.3, -0.25) is 0 Å². The van der Waals surface area contributed by atoms with Gasteiger partial charge in [0.1, 0.15) is 12.4 Å². The van der Waals surface area contributed by atoms with Crippen LogP contribution in [0.4, 0.5) is 18.9 Å². The summed E-state index contributed by atoms with van der Waals surface area (Å²) in [5, 5.41) is 2.95. The molecule has 136 valence electrons. The quantitative estimate of drug-likeness (QED) is 0.297. The Morgan fingerprint density at radius 3 is 2.44 bits per heavy atom. The monoisotopic (exact) mass is 465 g/mol. The number of anilines is 1. The molecule has 0 fully saturated rings. The van der Waals surface area contributed by atoms with Gasteiger partial charge < -0.3 is 15.8 Å². The number of hydrogen-bond acceptors (Lipinski definition) is 2. The Kier molecular flexibility index (Phi) is 8.01. The average Bonchev–Trinajstić information content (AvgIpc) is 2.51. The number of alkyl halides is 3. The van der Waals surface area contributed by atoms with Crippen molar-refractivity contribution in [2.75, 3.05) is 18.5 Å². The largest absolute Gasteiger partial charge is 0.492 e. The second-order valence-electron chi connectivity index (χ2n) is 5.13. The van der Waals surface area contributed by atoms with Crippen LogP contribution in [0.1, 0.15) is 11.1 Å². The summed E-state index contributed by atoms with van der Waals surface area (Å²) in [5.41, 5.74) is 6.98. The minimum Gasteiger partial charge on any atom is -0.492 e. The van der Waals surface area contributed by atoms with E-state index in [9.17, 15) is 13.2 Å². The highest BCUT2D eigenvalue weighted by Crippen LogP contribution is 2.30. The van der Waals surface area contributed by atoms with Crippen LogP contribution in [-0.4, -0.2) is 19.1 Å². The van der Waals surface area contributed by atoms with Gasteiger partial charge in [0.2, 0.25) is 0 Å². The van der Waals surface area contributed by atoms with Crippen LogP contribution >= 0.6 is 24.0 Å². The maximum absolute atomic E-state index is 12.4. The predicted octanol–water partition coefficient (Wildman–Crippen LogP) is 4.44. The molecule has 0 bridgehead atoms. The van der Waals surface area contributed by atoms with Crippen LogP contribution in [0.5, 0.6) is 5.75 Å². The van der Waals surface area contributed by atoms with E-state index in [1.165, 1.54) is 12.1 Å². The van der Waals surface area contributed by atoms with Crippen molar-refractivity contribution >= 4 is 35.6 Å². The third kappa shape index (κ3) is 7.20. The van der Waals surface area contributed by atoms with E-state index in [0.717, 1.165) is 23.4 Å². The van der Waals surface area contributed by atoms with Gasteiger partial charge in [0.15, 0.2) is 5.96 Å². The van der Waals surface area contributed by atoms with Crippen molar-refractivity contribution < 1.29 is 17.9 Å². The molecule has 0 saturated heterocycles. The number of benzene rings is 2. The first-order chi connectivity index (χ1) is 11.3. The first kappa shape index (κ1) is 21.1. The predicted molar refractivity (Wildman–Crippen MR) is 104 cm³/mol. The van der Waals surface area contributed by atoms with Gasteiger partial charge in [0.25, 0.3) is 0 Å². The SMILES string of the molecule is Cc1cccc(NC(N)=NCCOc2ccc(C(F)(F)F)cc2)c1.I. The number of nitrogens with two attached hydrogens (primary N) is 1. The molecule has 0 amide bonds. The molecule has 0 aromatic heterocycles. The summed E-state index contributed by atoms with van der Waals surface area (Å²) < 4.78 is 42.7. The summed E-state index contributed by atoms with van der Waals surface area (Å²) in [7, 11) is 0. The molecule has 25 heavy (non-hydrogen) atoms. The smallest absolute Gasteiger partial charge is 0.416 e. The van der Waals surface area contributed by atoms with E-state index in [0.29, 0.717) is 5.75 Å². The zero-order valence-electron chi connectivity index (χ0n) is 13.5. The number of ether oxygens (including phenoxy) is 1. The summed E-state index contributed by atoms with van der Waals surface area (Å²) in [5.74, 6) is 0.597. The minimum atomic E-state index is -4.35. The standard InChI is InChI=1S/C17H18F3N3O.HI/c1-12-3-2-4-14(11-12)23-16(21)22-9-10-24-15-7-5-13(6-8-15)17(18,19)20;/h2-8,11H,9-10H2,1H3,(H3,21,22,23);1H.